The SMILES string of the molecule is Cc1c(/C=N/NC(=O)C(Sc2ccccc2)c2ccccc2)cnn1C. The van der Waals surface area contributed by atoms with Crippen molar-refractivity contribution in [2.45, 2.75) is 17.1 Å². The third-order valence-electron chi connectivity index (χ3n) is 3.99. The van der Waals surface area contributed by atoms with Gasteiger partial charge < -0.3 is 0 Å². The Morgan fingerprint density at radius 1 is 1.15 bits per heavy atom. The van der Waals surface area contributed by atoms with E-state index in [1.54, 1.807) is 17.1 Å². The summed E-state index contributed by atoms with van der Waals surface area (Å²) in [4.78, 5) is 13.8. The minimum Gasteiger partial charge on any atom is -0.272 e. The summed E-state index contributed by atoms with van der Waals surface area (Å²) < 4.78 is 1.77. The molecule has 0 saturated carbocycles. The van der Waals surface area contributed by atoms with Crippen molar-refractivity contribution in [2.75, 3.05) is 0 Å². The number of aromatic nitrogens is 2. The predicted octanol–water partition coefficient (Wildman–Crippen LogP) is 3.71. The summed E-state index contributed by atoms with van der Waals surface area (Å²) >= 11 is 1.50. The molecule has 0 saturated heterocycles. The largest absolute Gasteiger partial charge is 0.272 e. The Labute approximate surface area is 157 Å². The third-order valence-corrected chi connectivity index (χ3v) is 5.26. The smallest absolute Gasteiger partial charge is 0.258 e. The summed E-state index contributed by atoms with van der Waals surface area (Å²) in [5.41, 5.74) is 5.46. The number of amides is 1. The number of carbonyl (C=O) groups is 1. The van der Waals surface area contributed by atoms with Gasteiger partial charge in [0.25, 0.3) is 5.91 Å². The fourth-order valence-electron chi connectivity index (χ4n) is 2.40. The molecule has 6 heteroatoms. The average Bonchev–Trinajstić information content (AvgIpc) is 3.00. The molecule has 0 aliphatic heterocycles. The van der Waals surface area contributed by atoms with Gasteiger partial charge in [-0.05, 0) is 24.6 Å². The second kappa shape index (κ2) is 8.49. The van der Waals surface area contributed by atoms with E-state index in [1.807, 2.05) is 74.6 Å². The lowest BCUT2D eigenvalue weighted by Gasteiger charge is -2.15. The first-order valence-corrected chi connectivity index (χ1v) is 9.11. The first-order chi connectivity index (χ1) is 12.6. The van der Waals surface area contributed by atoms with Crippen LogP contribution in [0.2, 0.25) is 0 Å². The Morgan fingerprint density at radius 2 is 1.81 bits per heavy atom. The van der Waals surface area contributed by atoms with E-state index in [4.69, 9.17) is 0 Å². The van der Waals surface area contributed by atoms with Crippen molar-refractivity contribution in [3.8, 4) is 0 Å². The quantitative estimate of drug-likeness (QED) is 0.412. The molecule has 1 N–H and O–H groups in total. The number of rotatable bonds is 6. The van der Waals surface area contributed by atoms with Crippen LogP contribution in [0.3, 0.4) is 0 Å². The molecule has 1 atom stereocenters. The number of thioether (sulfide) groups is 1. The van der Waals surface area contributed by atoms with E-state index in [1.165, 1.54) is 11.8 Å². The van der Waals surface area contributed by atoms with Gasteiger partial charge in [0, 0.05) is 23.2 Å². The maximum absolute atomic E-state index is 12.8. The van der Waals surface area contributed by atoms with Gasteiger partial charge in [0.05, 0.1) is 12.4 Å². The summed E-state index contributed by atoms with van der Waals surface area (Å²) in [5.74, 6) is -0.164. The van der Waals surface area contributed by atoms with Gasteiger partial charge in [-0.2, -0.15) is 10.2 Å². The normalized spacial score (nSPS) is 12.2. The molecule has 0 aliphatic rings. The first-order valence-electron chi connectivity index (χ1n) is 8.23. The highest BCUT2D eigenvalue weighted by Crippen LogP contribution is 2.35. The van der Waals surface area contributed by atoms with Crippen LogP contribution in [0.15, 0.2) is 76.9 Å². The van der Waals surface area contributed by atoms with E-state index in [-0.39, 0.29) is 11.2 Å². The molecule has 0 aliphatic carbocycles. The summed E-state index contributed by atoms with van der Waals surface area (Å²) in [6, 6.07) is 19.6. The van der Waals surface area contributed by atoms with Crippen LogP contribution in [-0.2, 0) is 11.8 Å². The Hall–Kier alpha value is -2.86. The van der Waals surface area contributed by atoms with Gasteiger partial charge in [-0.15, -0.1) is 11.8 Å². The molecule has 26 heavy (non-hydrogen) atoms. The van der Waals surface area contributed by atoms with Crippen molar-refractivity contribution in [1.29, 1.82) is 0 Å². The number of carbonyl (C=O) groups excluding carboxylic acids is 1. The fraction of sp³-hybridized carbons (Fsp3) is 0.150. The molecule has 1 heterocycles. The molecule has 3 rings (SSSR count). The highest BCUT2D eigenvalue weighted by molar-refractivity contribution is 8.00. The van der Waals surface area contributed by atoms with Crippen molar-refractivity contribution >= 4 is 23.9 Å². The van der Waals surface area contributed by atoms with Crippen LogP contribution in [0.25, 0.3) is 0 Å². The predicted molar refractivity (Wildman–Crippen MR) is 105 cm³/mol. The molecular weight excluding hydrogens is 344 g/mol. The lowest BCUT2D eigenvalue weighted by Crippen LogP contribution is -2.23. The van der Waals surface area contributed by atoms with Crippen LogP contribution in [-0.4, -0.2) is 21.9 Å². The van der Waals surface area contributed by atoms with Crippen molar-refractivity contribution in [2.24, 2.45) is 12.1 Å². The van der Waals surface area contributed by atoms with E-state index in [2.05, 4.69) is 15.6 Å². The Bertz CT molecular complexity index is 891. The van der Waals surface area contributed by atoms with Gasteiger partial charge in [0.15, 0.2) is 0 Å². The van der Waals surface area contributed by atoms with E-state index in [0.29, 0.717) is 0 Å². The van der Waals surface area contributed by atoms with Gasteiger partial charge in [0.1, 0.15) is 5.25 Å². The van der Waals surface area contributed by atoms with Gasteiger partial charge in [-0.1, -0.05) is 48.5 Å². The van der Waals surface area contributed by atoms with Crippen LogP contribution < -0.4 is 5.43 Å². The van der Waals surface area contributed by atoms with Crippen molar-refractivity contribution < 1.29 is 4.79 Å². The summed E-state index contributed by atoms with van der Waals surface area (Å²) in [6.07, 6.45) is 3.34. The van der Waals surface area contributed by atoms with Crippen LogP contribution >= 0.6 is 11.8 Å². The van der Waals surface area contributed by atoms with Gasteiger partial charge in [0.2, 0.25) is 0 Å². The number of aryl methyl sites for hydroxylation is 1. The molecule has 1 amide bonds. The molecule has 0 bridgehead atoms. The van der Waals surface area contributed by atoms with E-state index in [9.17, 15) is 4.79 Å². The zero-order valence-electron chi connectivity index (χ0n) is 14.7. The first kappa shape index (κ1) is 17.9. The van der Waals surface area contributed by atoms with E-state index in [0.717, 1.165) is 21.7 Å². The minimum absolute atomic E-state index is 0.164. The Kier molecular flexibility index (Phi) is 5.86. The van der Waals surface area contributed by atoms with E-state index >= 15 is 0 Å². The number of benzene rings is 2. The van der Waals surface area contributed by atoms with Gasteiger partial charge >= 0.3 is 0 Å². The number of hydrogen-bond donors (Lipinski definition) is 1. The molecule has 132 valence electrons. The lowest BCUT2D eigenvalue weighted by atomic mass is 10.1. The molecule has 1 unspecified atom stereocenters. The minimum atomic E-state index is -0.384. The zero-order valence-corrected chi connectivity index (χ0v) is 15.5. The molecular formula is C20H20N4OS. The summed E-state index contributed by atoms with van der Waals surface area (Å²) in [5, 5.41) is 7.89. The topological polar surface area (TPSA) is 59.3 Å². The fourth-order valence-corrected chi connectivity index (χ4v) is 3.44. The van der Waals surface area contributed by atoms with E-state index < -0.39 is 0 Å². The van der Waals surface area contributed by atoms with Crippen LogP contribution in [0, 0.1) is 6.92 Å². The number of nitrogens with one attached hydrogen (secondary N) is 1. The molecule has 1 aromatic heterocycles. The van der Waals surface area contributed by atoms with Crippen molar-refractivity contribution in [3.05, 3.63) is 83.7 Å². The maximum atomic E-state index is 12.8. The molecule has 0 fully saturated rings. The average molecular weight is 364 g/mol. The van der Waals surface area contributed by atoms with Gasteiger partial charge in [-0.3, -0.25) is 9.48 Å². The molecule has 5 nitrogen and oxygen atoms in total. The molecule has 0 spiro atoms. The molecule has 2 aromatic carbocycles. The van der Waals surface area contributed by atoms with Crippen LogP contribution in [0.1, 0.15) is 22.1 Å². The third kappa shape index (κ3) is 4.40. The standard InChI is InChI=1S/C20H20N4OS/c1-15-17(14-22-24(15)2)13-21-23-20(25)19(16-9-5-3-6-10-16)26-18-11-7-4-8-12-18/h3-14,19H,1-2H3,(H,23,25)/b21-13+. The second-order valence-electron chi connectivity index (χ2n) is 5.76. The van der Waals surface area contributed by atoms with Crippen LogP contribution in [0.5, 0.6) is 0 Å². The summed E-state index contributed by atoms with van der Waals surface area (Å²) in [7, 11) is 1.87. The maximum Gasteiger partial charge on any atom is 0.258 e. The second-order valence-corrected chi connectivity index (χ2v) is 6.94. The highest BCUT2D eigenvalue weighted by atomic mass is 32.2. The monoisotopic (exact) mass is 364 g/mol. The number of hydrogen-bond acceptors (Lipinski definition) is 4. The zero-order chi connectivity index (χ0) is 18.4. The lowest BCUT2D eigenvalue weighted by molar-refractivity contribution is -0.120. The van der Waals surface area contributed by atoms with Crippen molar-refractivity contribution in [3.63, 3.8) is 0 Å². The van der Waals surface area contributed by atoms with Crippen molar-refractivity contribution in [1.82, 2.24) is 15.2 Å². The number of hydrazone groups is 1. The number of nitrogens with zero attached hydrogens (tertiary/aromatic N) is 3. The Balaban J connectivity index is 1.75. The Morgan fingerprint density at radius 3 is 2.42 bits per heavy atom. The highest BCUT2D eigenvalue weighted by Gasteiger charge is 2.21. The van der Waals surface area contributed by atoms with Gasteiger partial charge in [-0.25, -0.2) is 5.43 Å². The summed E-state index contributed by atoms with van der Waals surface area (Å²) in [6.45, 7) is 1.95. The molecule has 0 radical (unpaired) electrons. The van der Waals surface area contributed by atoms with Crippen LogP contribution in [0.4, 0.5) is 0 Å². The molecule has 3 aromatic rings.